The van der Waals surface area contributed by atoms with E-state index in [-0.39, 0.29) is 0 Å². The first-order chi connectivity index (χ1) is 15.7. The number of hydrogen-bond acceptors (Lipinski definition) is 5. The van der Waals surface area contributed by atoms with Gasteiger partial charge in [0.1, 0.15) is 30.1 Å². The van der Waals surface area contributed by atoms with Gasteiger partial charge in [-0.3, -0.25) is 4.79 Å². The van der Waals surface area contributed by atoms with Crippen LogP contribution >= 0.6 is 0 Å². The zero-order chi connectivity index (χ0) is 23.6. The highest BCUT2D eigenvalue weighted by Gasteiger charge is 2.52. The van der Waals surface area contributed by atoms with Crippen LogP contribution in [0.15, 0.2) is 66.7 Å². The molecule has 0 radical (unpaired) electrons. The maximum absolute atomic E-state index is 11.9. The predicted octanol–water partition coefficient (Wildman–Crippen LogP) is 5.48. The Morgan fingerprint density at radius 3 is 2.18 bits per heavy atom. The Morgan fingerprint density at radius 1 is 0.848 bits per heavy atom. The van der Waals surface area contributed by atoms with Crippen molar-refractivity contribution in [2.45, 2.75) is 52.4 Å². The molecular formula is C27H29BO5. The van der Waals surface area contributed by atoms with Crippen molar-refractivity contribution in [3.63, 3.8) is 0 Å². The molecule has 0 aliphatic carbocycles. The van der Waals surface area contributed by atoms with Gasteiger partial charge in [0, 0.05) is 11.6 Å². The molecule has 1 saturated heterocycles. The summed E-state index contributed by atoms with van der Waals surface area (Å²) < 4.78 is 24.4. The number of aldehydes is 1. The Labute approximate surface area is 195 Å². The maximum atomic E-state index is 11.9. The van der Waals surface area contributed by atoms with E-state index in [0.29, 0.717) is 34.9 Å². The summed E-state index contributed by atoms with van der Waals surface area (Å²) in [6.07, 6.45) is 0.845. The van der Waals surface area contributed by atoms with Gasteiger partial charge < -0.3 is 18.8 Å². The molecule has 1 aliphatic rings. The third-order valence-corrected chi connectivity index (χ3v) is 6.31. The molecule has 1 heterocycles. The Balaban J connectivity index is 1.56. The van der Waals surface area contributed by atoms with Gasteiger partial charge in [0.2, 0.25) is 0 Å². The minimum absolute atomic E-state index is 0.476. The molecule has 0 bridgehead atoms. The normalized spacial score (nSPS) is 16.5. The highest BCUT2D eigenvalue weighted by atomic mass is 16.7. The van der Waals surface area contributed by atoms with E-state index in [4.69, 9.17) is 18.8 Å². The summed E-state index contributed by atoms with van der Waals surface area (Å²) in [6, 6.07) is 21.2. The van der Waals surface area contributed by atoms with Crippen LogP contribution in [0.4, 0.5) is 0 Å². The first kappa shape index (κ1) is 23.1. The first-order valence-corrected chi connectivity index (χ1v) is 11.1. The molecule has 6 heteroatoms. The van der Waals surface area contributed by atoms with Crippen LogP contribution in [0.25, 0.3) is 0 Å². The molecule has 170 valence electrons. The Hall–Kier alpha value is -3.09. The van der Waals surface area contributed by atoms with Gasteiger partial charge in [-0.05, 0) is 75.5 Å². The van der Waals surface area contributed by atoms with Crippen molar-refractivity contribution in [2.24, 2.45) is 0 Å². The van der Waals surface area contributed by atoms with Crippen molar-refractivity contribution in [2.75, 3.05) is 0 Å². The summed E-state index contributed by atoms with van der Waals surface area (Å²) in [5.41, 5.74) is 2.09. The number of rotatable bonds is 7. The summed E-state index contributed by atoms with van der Waals surface area (Å²) in [6.45, 7) is 10.3. The van der Waals surface area contributed by atoms with E-state index in [2.05, 4.69) is 0 Å². The summed E-state index contributed by atoms with van der Waals surface area (Å²) in [4.78, 5) is 11.9. The molecule has 1 aliphatic heterocycles. The largest absolute Gasteiger partial charge is 0.495 e. The SMILES string of the molecule is Cc1cc(Oc2cccc(OCc3ccccc3)c2)cc(B2OC(C)(C)C(C)(C)O2)c1C=O. The summed E-state index contributed by atoms with van der Waals surface area (Å²) in [7, 11) is -0.655. The summed E-state index contributed by atoms with van der Waals surface area (Å²) in [5, 5.41) is 0. The fraction of sp³-hybridized carbons (Fsp3) is 0.296. The maximum Gasteiger partial charge on any atom is 0.495 e. The van der Waals surface area contributed by atoms with Gasteiger partial charge in [0.15, 0.2) is 0 Å². The molecule has 0 amide bonds. The molecule has 0 saturated carbocycles. The van der Waals surface area contributed by atoms with Crippen molar-refractivity contribution < 1.29 is 23.6 Å². The van der Waals surface area contributed by atoms with Crippen LogP contribution in [0.5, 0.6) is 17.2 Å². The van der Waals surface area contributed by atoms with Crippen molar-refractivity contribution in [3.8, 4) is 17.2 Å². The van der Waals surface area contributed by atoms with Gasteiger partial charge in [-0.2, -0.15) is 0 Å². The van der Waals surface area contributed by atoms with Crippen LogP contribution < -0.4 is 14.9 Å². The fourth-order valence-electron chi connectivity index (χ4n) is 3.68. The average Bonchev–Trinajstić information content (AvgIpc) is 3.00. The van der Waals surface area contributed by atoms with Gasteiger partial charge in [-0.1, -0.05) is 36.4 Å². The van der Waals surface area contributed by atoms with Crippen molar-refractivity contribution in [3.05, 3.63) is 83.4 Å². The topological polar surface area (TPSA) is 54.0 Å². The molecule has 0 unspecified atom stereocenters. The average molecular weight is 444 g/mol. The lowest BCUT2D eigenvalue weighted by molar-refractivity contribution is 0.00578. The highest BCUT2D eigenvalue weighted by Crippen LogP contribution is 2.37. The molecular weight excluding hydrogens is 415 g/mol. The van der Waals surface area contributed by atoms with Gasteiger partial charge in [-0.25, -0.2) is 0 Å². The third-order valence-electron chi connectivity index (χ3n) is 6.31. The van der Waals surface area contributed by atoms with E-state index in [0.717, 1.165) is 17.4 Å². The molecule has 0 spiro atoms. The zero-order valence-electron chi connectivity index (χ0n) is 19.8. The lowest BCUT2D eigenvalue weighted by Crippen LogP contribution is -2.41. The van der Waals surface area contributed by atoms with Crippen molar-refractivity contribution in [1.29, 1.82) is 0 Å². The minimum Gasteiger partial charge on any atom is -0.489 e. The molecule has 4 rings (SSSR count). The van der Waals surface area contributed by atoms with E-state index in [1.165, 1.54) is 0 Å². The Morgan fingerprint density at radius 2 is 1.52 bits per heavy atom. The molecule has 1 fully saturated rings. The van der Waals surface area contributed by atoms with Crippen LogP contribution in [0.2, 0.25) is 0 Å². The van der Waals surface area contributed by atoms with Crippen molar-refractivity contribution >= 4 is 18.9 Å². The van der Waals surface area contributed by atoms with Crippen LogP contribution in [-0.4, -0.2) is 24.6 Å². The summed E-state index contributed by atoms with van der Waals surface area (Å²) >= 11 is 0. The summed E-state index contributed by atoms with van der Waals surface area (Å²) in [5.74, 6) is 1.95. The second kappa shape index (κ2) is 9.04. The fourth-order valence-corrected chi connectivity index (χ4v) is 3.68. The predicted molar refractivity (Wildman–Crippen MR) is 130 cm³/mol. The first-order valence-electron chi connectivity index (χ1n) is 11.1. The zero-order valence-corrected chi connectivity index (χ0v) is 19.8. The quantitative estimate of drug-likeness (QED) is 0.357. The van der Waals surface area contributed by atoms with E-state index in [1.807, 2.05) is 101 Å². The van der Waals surface area contributed by atoms with E-state index < -0.39 is 18.3 Å². The highest BCUT2D eigenvalue weighted by molar-refractivity contribution is 6.63. The molecule has 0 aromatic heterocycles. The standard InChI is InChI=1S/C27H29BO5/c1-19-14-23(16-25(24(19)17-29)28-32-26(2,3)27(4,5)33-28)31-22-13-9-12-21(15-22)30-18-20-10-7-6-8-11-20/h6-17H,18H2,1-5H3. The van der Waals surface area contributed by atoms with E-state index >= 15 is 0 Å². The second-order valence-electron chi connectivity index (χ2n) is 9.30. The molecule has 5 nitrogen and oxygen atoms in total. The third kappa shape index (κ3) is 4.97. The number of benzene rings is 3. The van der Waals surface area contributed by atoms with Gasteiger partial charge in [0.05, 0.1) is 11.2 Å². The lowest BCUT2D eigenvalue weighted by Gasteiger charge is -2.32. The van der Waals surface area contributed by atoms with Crippen LogP contribution in [0, 0.1) is 6.92 Å². The Kier molecular flexibility index (Phi) is 6.33. The van der Waals surface area contributed by atoms with Gasteiger partial charge in [0.25, 0.3) is 0 Å². The van der Waals surface area contributed by atoms with Crippen LogP contribution in [-0.2, 0) is 15.9 Å². The number of carbonyl (C=O) groups is 1. The van der Waals surface area contributed by atoms with Crippen LogP contribution in [0.1, 0.15) is 49.2 Å². The van der Waals surface area contributed by atoms with Gasteiger partial charge >= 0.3 is 7.12 Å². The smallest absolute Gasteiger partial charge is 0.489 e. The minimum atomic E-state index is -0.655. The number of hydrogen-bond donors (Lipinski definition) is 0. The lowest BCUT2D eigenvalue weighted by atomic mass is 9.75. The molecule has 33 heavy (non-hydrogen) atoms. The van der Waals surface area contributed by atoms with Crippen LogP contribution in [0.3, 0.4) is 0 Å². The molecule has 3 aromatic carbocycles. The Bertz CT molecular complexity index is 1120. The molecule has 0 atom stereocenters. The molecule has 3 aromatic rings. The van der Waals surface area contributed by atoms with Crippen molar-refractivity contribution in [1.82, 2.24) is 0 Å². The monoisotopic (exact) mass is 444 g/mol. The second-order valence-corrected chi connectivity index (χ2v) is 9.30. The number of carbonyl (C=O) groups excluding carboxylic acids is 1. The number of ether oxygens (including phenoxy) is 2. The van der Waals surface area contributed by atoms with E-state index in [1.54, 1.807) is 0 Å². The number of aryl methyl sites for hydroxylation is 1. The van der Waals surface area contributed by atoms with Gasteiger partial charge in [-0.15, -0.1) is 0 Å². The molecule has 0 N–H and O–H groups in total. The van der Waals surface area contributed by atoms with E-state index in [9.17, 15) is 4.79 Å².